The average molecular weight is 396 g/mol. The molecule has 0 N–H and O–H groups in total. The van der Waals surface area contributed by atoms with Gasteiger partial charge in [-0.25, -0.2) is 0 Å². The summed E-state index contributed by atoms with van der Waals surface area (Å²) in [6.45, 7) is 1.94. The summed E-state index contributed by atoms with van der Waals surface area (Å²) in [6.07, 6.45) is 3.78. The van der Waals surface area contributed by atoms with Gasteiger partial charge in [0.05, 0.1) is 5.71 Å². The lowest BCUT2D eigenvalue weighted by molar-refractivity contribution is -0.0360. The predicted molar refractivity (Wildman–Crippen MR) is 119 cm³/mol. The zero-order chi connectivity index (χ0) is 20.0. The van der Waals surface area contributed by atoms with E-state index < -0.39 is 0 Å². The summed E-state index contributed by atoms with van der Waals surface area (Å²) in [5.74, 6) is 1.96. The lowest BCUT2D eigenvalue weighted by atomic mass is 9.85. The van der Waals surface area contributed by atoms with Crippen molar-refractivity contribution < 1.29 is 9.57 Å². The molecule has 1 fully saturated rings. The van der Waals surface area contributed by atoms with Gasteiger partial charge in [-0.3, -0.25) is 0 Å². The van der Waals surface area contributed by atoms with E-state index in [0.717, 1.165) is 56.0 Å². The fourth-order valence-corrected chi connectivity index (χ4v) is 4.91. The maximum atomic E-state index is 6.20. The van der Waals surface area contributed by atoms with Gasteiger partial charge in [0.1, 0.15) is 17.1 Å². The zero-order valence-corrected chi connectivity index (χ0v) is 16.9. The van der Waals surface area contributed by atoms with E-state index in [1.165, 1.54) is 22.4 Å². The Morgan fingerprint density at radius 1 is 0.800 bits per heavy atom. The SMILES string of the molecule is c1ccc(C2=NOC3(CCN(c4cccc5c4Cc4ccccc4O5)CC3)C2)cc1. The van der Waals surface area contributed by atoms with Crippen LogP contribution in [0.1, 0.15) is 36.0 Å². The molecule has 150 valence electrons. The molecule has 3 aliphatic rings. The third-order valence-corrected chi connectivity index (χ3v) is 6.63. The highest BCUT2D eigenvalue weighted by Gasteiger charge is 2.42. The second-order valence-corrected chi connectivity index (χ2v) is 8.48. The van der Waals surface area contributed by atoms with Crippen LogP contribution in [0.2, 0.25) is 0 Å². The minimum Gasteiger partial charge on any atom is -0.457 e. The van der Waals surface area contributed by atoms with E-state index in [4.69, 9.17) is 9.57 Å². The first kappa shape index (κ1) is 17.6. The largest absolute Gasteiger partial charge is 0.457 e. The monoisotopic (exact) mass is 396 g/mol. The van der Waals surface area contributed by atoms with Crippen molar-refractivity contribution in [1.29, 1.82) is 0 Å². The van der Waals surface area contributed by atoms with E-state index in [-0.39, 0.29) is 5.60 Å². The van der Waals surface area contributed by atoms with Gasteiger partial charge in [0.25, 0.3) is 0 Å². The van der Waals surface area contributed by atoms with Gasteiger partial charge in [-0.05, 0) is 29.3 Å². The molecule has 0 atom stereocenters. The standard InChI is InChI=1S/C26H24N2O2/c1-2-7-19(8-3-1)22-18-26(30-27-22)13-15-28(16-14-26)23-10-6-12-25-21(23)17-20-9-4-5-11-24(20)29-25/h1-12H,13-18H2. The minimum absolute atomic E-state index is 0.153. The quantitative estimate of drug-likeness (QED) is 0.446. The highest BCUT2D eigenvalue weighted by atomic mass is 16.7. The number of oxime groups is 1. The first-order valence-corrected chi connectivity index (χ1v) is 10.7. The van der Waals surface area contributed by atoms with Crippen LogP contribution >= 0.6 is 0 Å². The van der Waals surface area contributed by atoms with Crippen LogP contribution in [0.4, 0.5) is 5.69 Å². The molecule has 0 aromatic heterocycles. The molecule has 0 radical (unpaired) electrons. The number of nitrogens with zero attached hydrogens (tertiary/aromatic N) is 2. The summed E-state index contributed by atoms with van der Waals surface area (Å²) < 4.78 is 6.20. The van der Waals surface area contributed by atoms with E-state index in [2.05, 4.69) is 70.7 Å². The van der Waals surface area contributed by atoms with E-state index in [1.807, 2.05) is 12.1 Å². The van der Waals surface area contributed by atoms with Crippen LogP contribution in [0.15, 0.2) is 78.0 Å². The van der Waals surface area contributed by atoms with E-state index in [9.17, 15) is 0 Å². The van der Waals surface area contributed by atoms with Crippen molar-refractivity contribution in [3.8, 4) is 11.5 Å². The first-order valence-electron chi connectivity index (χ1n) is 10.7. The van der Waals surface area contributed by atoms with Crippen molar-refractivity contribution in [3.05, 3.63) is 89.5 Å². The lowest BCUT2D eigenvalue weighted by Crippen LogP contribution is -2.45. The van der Waals surface area contributed by atoms with Gasteiger partial charge in [0.15, 0.2) is 0 Å². The molecule has 3 aromatic carbocycles. The van der Waals surface area contributed by atoms with Gasteiger partial charge in [-0.1, -0.05) is 59.8 Å². The molecular weight excluding hydrogens is 372 g/mol. The molecule has 6 rings (SSSR count). The van der Waals surface area contributed by atoms with Crippen LogP contribution in [0.3, 0.4) is 0 Å². The molecule has 4 heteroatoms. The molecule has 0 amide bonds. The summed E-state index contributed by atoms with van der Waals surface area (Å²) in [7, 11) is 0. The van der Waals surface area contributed by atoms with E-state index in [0.29, 0.717) is 0 Å². The lowest BCUT2D eigenvalue weighted by Gasteiger charge is -2.39. The van der Waals surface area contributed by atoms with Gasteiger partial charge >= 0.3 is 0 Å². The Morgan fingerprint density at radius 2 is 1.57 bits per heavy atom. The van der Waals surface area contributed by atoms with Crippen molar-refractivity contribution in [2.45, 2.75) is 31.3 Å². The molecule has 0 aliphatic carbocycles. The van der Waals surface area contributed by atoms with Gasteiger partial charge in [0.2, 0.25) is 0 Å². The van der Waals surface area contributed by atoms with Crippen LogP contribution < -0.4 is 9.64 Å². The highest BCUT2D eigenvalue weighted by molar-refractivity contribution is 6.01. The maximum absolute atomic E-state index is 6.20. The van der Waals surface area contributed by atoms with E-state index in [1.54, 1.807) is 0 Å². The molecule has 0 saturated carbocycles. The van der Waals surface area contributed by atoms with Crippen LogP contribution in [-0.4, -0.2) is 24.4 Å². The Bertz CT molecular complexity index is 1110. The Labute approximate surface area is 176 Å². The summed E-state index contributed by atoms with van der Waals surface area (Å²) in [6, 6.07) is 25.1. The minimum atomic E-state index is -0.153. The van der Waals surface area contributed by atoms with Gasteiger partial charge in [-0.15, -0.1) is 0 Å². The first-order chi connectivity index (χ1) is 14.8. The van der Waals surface area contributed by atoms with Crippen LogP contribution in [0, 0.1) is 0 Å². The van der Waals surface area contributed by atoms with Crippen LogP contribution in [0.5, 0.6) is 11.5 Å². The molecule has 3 heterocycles. The van der Waals surface area contributed by atoms with Crippen molar-refractivity contribution in [2.75, 3.05) is 18.0 Å². The van der Waals surface area contributed by atoms with Crippen molar-refractivity contribution in [2.24, 2.45) is 5.16 Å². The number of benzene rings is 3. The third kappa shape index (κ3) is 2.95. The Morgan fingerprint density at radius 3 is 2.43 bits per heavy atom. The molecule has 0 unspecified atom stereocenters. The normalized spacial score (nSPS) is 18.8. The summed E-state index contributed by atoms with van der Waals surface area (Å²) in [5.41, 5.74) is 5.93. The van der Waals surface area contributed by atoms with Gasteiger partial charge < -0.3 is 14.5 Å². The number of hydrogen-bond acceptors (Lipinski definition) is 4. The Kier molecular flexibility index (Phi) is 4.05. The summed E-state index contributed by atoms with van der Waals surface area (Å²) in [4.78, 5) is 8.52. The zero-order valence-electron chi connectivity index (χ0n) is 16.9. The fourth-order valence-electron chi connectivity index (χ4n) is 4.91. The Hall–Kier alpha value is -3.27. The van der Waals surface area contributed by atoms with E-state index >= 15 is 0 Å². The molecule has 4 nitrogen and oxygen atoms in total. The van der Waals surface area contributed by atoms with Crippen molar-refractivity contribution in [3.63, 3.8) is 0 Å². The number of anilines is 1. The molecule has 30 heavy (non-hydrogen) atoms. The van der Waals surface area contributed by atoms with Crippen molar-refractivity contribution >= 4 is 11.4 Å². The molecule has 0 bridgehead atoms. The summed E-state index contributed by atoms with van der Waals surface area (Å²) >= 11 is 0. The topological polar surface area (TPSA) is 34.1 Å². The smallest absolute Gasteiger partial charge is 0.146 e. The molecule has 3 aromatic rings. The van der Waals surface area contributed by atoms with Gasteiger partial charge in [0, 0.05) is 50.0 Å². The predicted octanol–water partition coefficient (Wildman–Crippen LogP) is 5.55. The molecule has 3 aliphatic heterocycles. The second kappa shape index (κ2) is 6.91. The number of hydrogen-bond donors (Lipinski definition) is 0. The fraction of sp³-hybridized carbons (Fsp3) is 0.269. The Balaban J connectivity index is 1.19. The van der Waals surface area contributed by atoms with Crippen LogP contribution in [-0.2, 0) is 11.3 Å². The maximum Gasteiger partial charge on any atom is 0.146 e. The van der Waals surface area contributed by atoms with Gasteiger partial charge in [-0.2, -0.15) is 0 Å². The number of piperidine rings is 1. The highest BCUT2D eigenvalue weighted by Crippen LogP contribution is 2.43. The number of rotatable bonds is 2. The molecular formula is C26H24N2O2. The van der Waals surface area contributed by atoms with Crippen LogP contribution in [0.25, 0.3) is 0 Å². The second-order valence-electron chi connectivity index (χ2n) is 8.48. The molecule has 1 spiro atoms. The number of fused-ring (bicyclic) bond motifs is 2. The number of ether oxygens (including phenoxy) is 1. The summed E-state index contributed by atoms with van der Waals surface area (Å²) in [5, 5.41) is 4.45. The van der Waals surface area contributed by atoms with Crippen molar-refractivity contribution in [1.82, 2.24) is 0 Å². The third-order valence-electron chi connectivity index (χ3n) is 6.63. The average Bonchev–Trinajstić information content (AvgIpc) is 3.22. The number of para-hydroxylation sites is 1. The molecule has 1 saturated heterocycles.